The van der Waals surface area contributed by atoms with Crippen molar-refractivity contribution in [2.45, 2.75) is 39.3 Å². The lowest BCUT2D eigenvalue weighted by Crippen LogP contribution is -2.35. The molecule has 0 bridgehead atoms. The SMILES string of the molecule is COCCc1ccccc1-n1ccc(CNC(C)(C)C)n1. The number of nitrogens with zero attached hydrogens (tertiary/aromatic N) is 2. The van der Waals surface area contributed by atoms with E-state index in [9.17, 15) is 0 Å². The van der Waals surface area contributed by atoms with Gasteiger partial charge in [0, 0.05) is 25.4 Å². The zero-order valence-electron chi connectivity index (χ0n) is 13.4. The van der Waals surface area contributed by atoms with Crippen molar-refractivity contribution in [2.75, 3.05) is 13.7 Å². The second kappa shape index (κ2) is 6.87. The second-order valence-electron chi connectivity index (χ2n) is 6.23. The van der Waals surface area contributed by atoms with Gasteiger partial charge < -0.3 is 10.1 Å². The molecule has 0 radical (unpaired) electrons. The highest BCUT2D eigenvalue weighted by atomic mass is 16.5. The maximum atomic E-state index is 5.18. The van der Waals surface area contributed by atoms with Gasteiger partial charge in [-0.15, -0.1) is 0 Å². The molecule has 0 atom stereocenters. The molecule has 1 aromatic carbocycles. The van der Waals surface area contributed by atoms with E-state index in [-0.39, 0.29) is 5.54 Å². The van der Waals surface area contributed by atoms with Gasteiger partial charge in [-0.2, -0.15) is 5.10 Å². The molecule has 4 heteroatoms. The van der Waals surface area contributed by atoms with Gasteiger partial charge in [-0.05, 0) is 44.9 Å². The van der Waals surface area contributed by atoms with Crippen LogP contribution in [0.25, 0.3) is 5.69 Å². The first kappa shape index (κ1) is 15.7. The van der Waals surface area contributed by atoms with E-state index in [0.717, 1.165) is 31.0 Å². The lowest BCUT2D eigenvalue weighted by atomic mass is 10.1. The van der Waals surface area contributed by atoms with Crippen molar-refractivity contribution in [3.05, 3.63) is 47.8 Å². The molecule has 21 heavy (non-hydrogen) atoms. The summed E-state index contributed by atoms with van der Waals surface area (Å²) in [6, 6.07) is 10.4. The maximum Gasteiger partial charge on any atom is 0.0767 e. The minimum atomic E-state index is 0.0974. The number of hydrogen-bond donors (Lipinski definition) is 1. The quantitative estimate of drug-likeness (QED) is 0.888. The normalized spacial score (nSPS) is 11.8. The van der Waals surface area contributed by atoms with Gasteiger partial charge in [-0.25, -0.2) is 4.68 Å². The van der Waals surface area contributed by atoms with Crippen molar-refractivity contribution in [1.82, 2.24) is 15.1 Å². The second-order valence-corrected chi connectivity index (χ2v) is 6.23. The maximum absolute atomic E-state index is 5.18. The largest absolute Gasteiger partial charge is 0.384 e. The van der Waals surface area contributed by atoms with Crippen LogP contribution in [0.15, 0.2) is 36.5 Å². The molecular weight excluding hydrogens is 262 g/mol. The molecule has 0 saturated heterocycles. The molecule has 2 rings (SSSR count). The summed E-state index contributed by atoms with van der Waals surface area (Å²) < 4.78 is 7.13. The number of methoxy groups -OCH3 is 1. The Kier molecular flexibility index (Phi) is 5.15. The van der Waals surface area contributed by atoms with E-state index in [4.69, 9.17) is 4.74 Å². The third-order valence-corrected chi connectivity index (χ3v) is 3.26. The summed E-state index contributed by atoms with van der Waals surface area (Å²) in [6.07, 6.45) is 2.91. The fourth-order valence-corrected chi connectivity index (χ4v) is 2.10. The summed E-state index contributed by atoms with van der Waals surface area (Å²) in [5, 5.41) is 8.12. The van der Waals surface area contributed by atoms with Gasteiger partial charge in [0.15, 0.2) is 0 Å². The van der Waals surface area contributed by atoms with Crippen LogP contribution in [0, 0.1) is 0 Å². The van der Waals surface area contributed by atoms with Crippen LogP contribution >= 0.6 is 0 Å². The lowest BCUT2D eigenvalue weighted by molar-refractivity contribution is 0.202. The molecule has 0 amide bonds. The Bertz CT molecular complexity index is 569. The number of aromatic nitrogens is 2. The van der Waals surface area contributed by atoms with Crippen LogP contribution in [0.3, 0.4) is 0 Å². The van der Waals surface area contributed by atoms with Gasteiger partial charge in [-0.3, -0.25) is 0 Å². The zero-order valence-corrected chi connectivity index (χ0v) is 13.4. The summed E-state index contributed by atoms with van der Waals surface area (Å²) in [5.41, 5.74) is 3.51. The van der Waals surface area contributed by atoms with Crippen molar-refractivity contribution >= 4 is 0 Å². The minimum Gasteiger partial charge on any atom is -0.384 e. The minimum absolute atomic E-state index is 0.0974. The Labute approximate surface area is 127 Å². The van der Waals surface area contributed by atoms with Gasteiger partial charge in [-0.1, -0.05) is 18.2 Å². The molecule has 1 heterocycles. The standard InChI is InChI=1S/C17H25N3O/c1-17(2,3)18-13-15-9-11-20(19-15)16-8-6-5-7-14(16)10-12-21-4/h5-9,11,18H,10,12-13H2,1-4H3. The fourth-order valence-electron chi connectivity index (χ4n) is 2.10. The van der Waals surface area contributed by atoms with Gasteiger partial charge in [0.2, 0.25) is 0 Å². The molecule has 0 unspecified atom stereocenters. The first-order chi connectivity index (χ1) is 9.99. The van der Waals surface area contributed by atoms with Gasteiger partial charge in [0.05, 0.1) is 18.0 Å². The predicted octanol–water partition coefficient (Wildman–Crippen LogP) is 2.95. The highest BCUT2D eigenvalue weighted by molar-refractivity contribution is 5.40. The molecule has 0 aliphatic carbocycles. The average Bonchev–Trinajstić information content (AvgIpc) is 2.91. The van der Waals surface area contributed by atoms with Crippen LogP contribution < -0.4 is 5.32 Å². The monoisotopic (exact) mass is 287 g/mol. The number of benzene rings is 1. The van der Waals surface area contributed by atoms with Gasteiger partial charge in [0.1, 0.15) is 0 Å². The van der Waals surface area contributed by atoms with Gasteiger partial charge >= 0.3 is 0 Å². The number of nitrogens with one attached hydrogen (secondary N) is 1. The third kappa shape index (κ3) is 4.69. The topological polar surface area (TPSA) is 39.1 Å². The summed E-state index contributed by atoms with van der Waals surface area (Å²) in [7, 11) is 1.73. The molecule has 114 valence electrons. The van der Waals surface area contributed by atoms with E-state index >= 15 is 0 Å². The Morgan fingerprint density at radius 2 is 1.95 bits per heavy atom. The Balaban J connectivity index is 2.14. The molecule has 0 aliphatic rings. The van der Waals surface area contributed by atoms with Crippen LogP contribution in [-0.4, -0.2) is 29.0 Å². The summed E-state index contributed by atoms with van der Waals surface area (Å²) in [6.45, 7) is 7.96. The van der Waals surface area contributed by atoms with E-state index in [1.807, 2.05) is 16.9 Å². The highest BCUT2D eigenvalue weighted by Gasteiger charge is 2.10. The summed E-state index contributed by atoms with van der Waals surface area (Å²) in [4.78, 5) is 0. The Morgan fingerprint density at radius 1 is 1.19 bits per heavy atom. The first-order valence-corrected chi connectivity index (χ1v) is 7.36. The smallest absolute Gasteiger partial charge is 0.0767 e. The molecule has 1 aromatic heterocycles. The molecule has 0 aliphatic heterocycles. The van der Waals surface area contributed by atoms with Crippen molar-refractivity contribution < 1.29 is 4.74 Å². The van der Waals surface area contributed by atoms with Gasteiger partial charge in [0.25, 0.3) is 0 Å². The van der Waals surface area contributed by atoms with Crippen molar-refractivity contribution in [2.24, 2.45) is 0 Å². The molecule has 2 aromatic rings. The van der Waals surface area contributed by atoms with E-state index < -0.39 is 0 Å². The first-order valence-electron chi connectivity index (χ1n) is 7.36. The molecule has 0 spiro atoms. The number of rotatable bonds is 6. The van der Waals surface area contributed by atoms with Crippen molar-refractivity contribution in [1.29, 1.82) is 0 Å². The van der Waals surface area contributed by atoms with Crippen LogP contribution in [0.2, 0.25) is 0 Å². The fraction of sp³-hybridized carbons (Fsp3) is 0.471. The lowest BCUT2D eigenvalue weighted by Gasteiger charge is -2.19. The zero-order chi connectivity index (χ0) is 15.3. The Hall–Kier alpha value is -1.65. The van der Waals surface area contributed by atoms with E-state index in [2.05, 4.69) is 55.5 Å². The predicted molar refractivity (Wildman–Crippen MR) is 85.7 cm³/mol. The van der Waals surface area contributed by atoms with E-state index in [1.165, 1.54) is 5.56 Å². The van der Waals surface area contributed by atoms with Crippen LogP contribution in [0.1, 0.15) is 32.0 Å². The Morgan fingerprint density at radius 3 is 2.67 bits per heavy atom. The average molecular weight is 287 g/mol. The molecule has 1 N–H and O–H groups in total. The highest BCUT2D eigenvalue weighted by Crippen LogP contribution is 2.15. The molecule has 4 nitrogen and oxygen atoms in total. The molecule has 0 saturated carbocycles. The molecular formula is C17H25N3O. The molecule has 0 fully saturated rings. The van der Waals surface area contributed by atoms with Crippen LogP contribution in [-0.2, 0) is 17.7 Å². The van der Waals surface area contributed by atoms with Crippen molar-refractivity contribution in [3.8, 4) is 5.69 Å². The summed E-state index contributed by atoms with van der Waals surface area (Å²) >= 11 is 0. The number of hydrogen-bond acceptors (Lipinski definition) is 3. The van der Waals surface area contributed by atoms with E-state index in [1.54, 1.807) is 7.11 Å². The van der Waals surface area contributed by atoms with E-state index in [0.29, 0.717) is 0 Å². The number of para-hydroxylation sites is 1. The third-order valence-electron chi connectivity index (χ3n) is 3.26. The van der Waals surface area contributed by atoms with Crippen LogP contribution in [0.5, 0.6) is 0 Å². The van der Waals surface area contributed by atoms with Crippen molar-refractivity contribution in [3.63, 3.8) is 0 Å². The summed E-state index contributed by atoms with van der Waals surface area (Å²) in [5.74, 6) is 0. The van der Waals surface area contributed by atoms with Crippen LogP contribution in [0.4, 0.5) is 0 Å². The number of ether oxygens (including phenoxy) is 1.